The van der Waals surface area contributed by atoms with Gasteiger partial charge in [-0.1, -0.05) is 11.6 Å². The zero-order valence-electron chi connectivity index (χ0n) is 19.0. The summed E-state index contributed by atoms with van der Waals surface area (Å²) < 4.78 is 30.3. The molecule has 0 bridgehead atoms. The third kappa shape index (κ3) is 6.03. The van der Waals surface area contributed by atoms with E-state index in [-0.39, 0.29) is 23.1 Å². The summed E-state index contributed by atoms with van der Waals surface area (Å²) in [4.78, 5) is 16.9. The Bertz CT molecular complexity index is 826. The molecule has 0 aromatic carbocycles. The van der Waals surface area contributed by atoms with Gasteiger partial charge in [-0.15, -0.1) is 0 Å². The van der Waals surface area contributed by atoms with E-state index >= 15 is 0 Å². The van der Waals surface area contributed by atoms with Gasteiger partial charge in [-0.3, -0.25) is 14.3 Å². The van der Waals surface area contributed by atoms with E-state index in [1.807, 2.05) is 4.90 Å². The minimum absolute atomic E-state index is 0.0305. The molecule has 0 aromatic heterocycles. The van der Waals surface area contributed by atoms with Crippen LogP contribution < -0.4 is 0 Å². The predicted octanol–water partition coefficient (Wildman–Crippen LogP) is 3.40. The summed E-state index contributed by atoms with van der Waals surface area (Å²) >= 11 is 7.62. The van der Waals surface area contributed by atoms with Gasteiger partial charge < -0.3 is 14.7 Å². The van der Waals surface area contributed by atoms with Gasteiger partial charge in [-0.05, 0) is 45.5 Å². The maximum Gasteiger partial charge on any atom is 0.186 e. The Balaban J connectivity index is 0.00000149. The Kier molecular flexibility index (Phi) is 9.87. The molecule has 0 amide bonds. The van der Waals surface area contributed by atoms with Crippen molar-refractivity contribution in [1.82, 2.24) is 9.80 Å². The second kappa shape index (κ2) is 12.4. The fourth-order valence-electron chi connectivity index (χ4n) is 4.92. The van der Waals surface area contributed by atoms with Gasteiger partial charge in [0.2, 0.25) is 0 Å². The Hall–Kier alpha value is -1.33. The van der Waals surface area contributed by atoms with Crippen molar-refractivity contribution in [2.24, 2.45) is 15.0 Å². The lowest BCUT2D eigenvalue weighted by molar-refractivity contribution is 0.0392. The lowest BCUT2D eigenvalue weighted by Crippen LogP contribution is -2.42. The summed E-state index contributed by atoms with van der Waals surface area (Å²) in [5.41, 5.74) is 0.592. The van der Waals surface area contributed by atoms with Crippen molar-refractivity contribution < 1.29 is 18.6 Å². The molecule has 3 saturated heterocycles. The maximum atomic E-state index is 14.9. The number of allylic oxidation sites excluding steroid dienone is 2. The van der Waals surface area contributed by atoms with Crippen LogP contribution in [0, 0.1) is 0 Å². The fraction of sp³-hybridized carbons (Fsp3) is 0.682. The van der Waals surface area contributed by atoms with Gasteiger partial charge in [-0.2, -0.15) is 11.8 Å². The van der Waals surface area contributed by atoms with Gasteiger partial charge >= 0.3 is 0 Å². The van der Waals surface area contributed by atoms with Crippen molar-refractivity contribution in [3.63, 3.8) is 0 Å². The number of hydrogen-bond acceptors (Lipinski definition) is 8. The van der Waals surface area contributed by atoms with Crippen LogP contribution in [0.5, 0.6) is 0 Å². The molecule has 0 spiro atoms. The van der Waals surface area contributed by atoms with Crippen LogP contribution in [0.4, 0.5) is 8.78 Å². The molecular formula is C22H32ClF2N5O2S. The highest BCUT2D eigenvalue weighted by molar-refractivity contribution is 7.99. The summed E-state index contributed by atoms with van der Waals surface area (Å²) in [6.07, 6.45) is 5.64. The zero-order valence-corrected chi connectivity index (χ0v) is 20.6. The van der Waals surface area contributed by atoms with Crippen LogP contribution in [-0.2, 0) is 4.74 Å². The van der Waals surface area contributed by atoms with Crippen LogP contribution in [0.25, 0.3) is 0 Å². The molecule has 4 aliphatic heterocycles. The first kappa shape index (κ1) is 26.3. The number of halogens is 3. The smallest absolute Gasteiger partial charge is 0.186 e. The number of alkyl halides is 1. The largest absolute Gasteiger partial charge is 0.390 e. The molecule has 0 saturated carbocycles. The first-order chi connectivity index (χ1) is 16.0. The van der Waals surface area contributed by atoms with Crippen molar-refractivity contribution in [2.45, 2.75) is 37.3 Å². The molecule has 4 heterocycles. The molecule has 1 atom stereocenters. The van der Waals surface area contributed by atoms with Gasteiger partial charge in [-0.25, -0.2) is 14.4 Å². The molecule has 0 aliphatic carbocycles. The van der Waals surface area contributed by atoms with E-state index in [9.17, 15) is 13.9 Å². The number of aliphatic hydroxyl groups excluding tert-OH is 1. The van der Waals surface area contributed by atoms with E-state index in [0.29, 0.717) is 44.0 Å². The molecule has 4 aliphatic rings. The second-order valence-corrected chi connectivity index (χ2v) is 9.84. The van der Waals surface area contributed by atoms with Gasteiger partial charge in [0, 0.05) is 36.3 Å². The van der Waals surface area contributed by atoms with Crippen molar-refractivity contribution in [2.75, 3.05) is 58.2 Å². The number of rotatable bonds is 6. The molecule has 1 unspecified atom stereocenters. The highest BCUT2D eigenvalue weighted by Crippen LogP contribution is 2.39. The number of aliphatic imine (C=N–C) groups is 3. The lowest BCUT2D eigenvalue weighted by atomic mass is 9.95. The molecule has 0 radical (unpaired) electrons. The fourth-order valence-corrected chi connectivity index (χ4v) is 5.95. The van der Waals surface area contributed by atoms with E-state index in [1.54, 1.807) is 11.8 Å². The topological polar surface area (TPSA) is 73.0 Å². The average Bonchev–Trinajstić information content (AvgIpc) is 3.32. The number of aliphatic hydroxyl groups is 1. The molecule has 7 nitrogen and oxygen atoms in total. The second-order valence-electron chi connectivity index (χ2n) is 8.34. The van der Waals surface area contributed by atoms with Crippen molar-refractivity contribution >= 4 is 42.0 Å². The summed E-state index contributed by atoms with van der Waals surface area (Å²) in [5.74, 6) is 1.22. The predicted molar refractivity (Wildman–Crippen MR) is 132 cm³/mol. The van der Waals surface area contributed by atoms with Crippen LogP contribution in [0.1, 0.15) is 25.7 Å². The minimum atomic E-state index is -0.699. The van der Waals surface area contributed by atoms with Gasteiger partial charge in [0.25, 0.3) is 0 Å². The number of thioether (sulfide) groups is 1. The van der Waals surface area contributed by atoms with Crippen LogP contribution >= 0.6 is 23.4 Å². The first-order valence-corrected chi connectivity index (χ1v) is 12.6. The first-order valence-electron chi connectivity index (χ1n) is 11.1. The summed E-state index contributed by atoms with van der Waals surface area (Å²) in [6, 6.07) is 0. The van der Waals surface area contributed by atoms with E-state index in [1.165, 1.54) is 19.1 Å². The van der Waals surface area contributed by atoms with E-state index < -0.39 is 11.9 Å². The van der Waals surface area contributed by atoms with E-state index in [4.69, 9.17) is 16.3 Å². The average molecular weight is 504 g/mol. The van der Waals surface area contributed by atoms with Crippen LogP contribution in [0.15, 0.2) is 37.4 Å². The molecule has 11 heteroatoms. The third-order valence-corrected chi connectivity index (χ3v) is 7.74. The molecule has 4 rings (SSSR count). The van der Waals surface area contributed by atoms with E-state index in [2.05, 4.69) is 26.6 Å². The van der Waals surface area contributed by atoms with Crippen molar-refractivity contribution in [3.05, 3.63) is 22.4 Å². The number of nitrogens with zero attached hydrogens (tertiary/aromatic N) is 5. The van der Waals surface area contributed by atoms with Crippen LogP contribution in [0.2, 0.25) is 0 Å². The quantitative estimate of drug-likeness (QED) is 0.342. The SMILES string of the molecule is C=N/C(=C1/C=NC(Cl)=C(F)/C1=N/COCC12CCCN1CCC2)N1CCSCC(O)C1.CF. The number of fused-ring (bicyclic) bond motifs is 1. The van der Waals surface area contributed by atoms with Crippen molar-refractivity contribution in [1.29, 1.82) is 0 Å². The van der Waals surface area contributed by atoms with Crippen LogP contribution in [0.3, 0.4) is 0 Å². The van der Waals surface area contributed by atoms with Gasteiger partial charge in [0.15, 0.2) is 11.0 Å². The van der Waals surface area contributed by atoms with E-state index in [0.717, 1.165) is 31.7 Å². The molecule has 33 heavy (non-hydrogen) atoms. The van der Waals surface area contributed by atoms with Crippen molar-refractivity contribution in [3.8, 4) is 0 Å². The molecule has 184 valence electrons. The number of β-amino-alcohol motifs (C(OH)–C–C–N with tert-alkyl or cyclic N) is 1. The molecule has 0 aromatic rings. The standard InChI is InChI=1S/C21H29ClFN5O2S.CH3F/c1-24-20(27-8-9-31-12-15(29)11-27)16-10-25-19(22)17(23)18(16)26-14-30-13-21-4-2-6-28(21)7-3-5-21;1-2/h10,15,29H,1-9,11-14H2;1H3/b20-16+,26-18+;. The Labute approximate surface area is 203 Å². The molecule has 1 N–H and O–H groups in total. The summed E-state index contributed by atoms with van der Waals surface area (Å²) in [7, 11) is 0.500. The van der Waals surface area contributed by atoms with Crippen LogP contribution in [-0.4, -0.2) is 103 Å². The monoisotopic (exact) mass is 503 g/mol. The lowest BCUT2D eigenvalue weighted by Gasteiger charge is -2.31. The maximum absolute atomic E-state index is 14.9. The van der Waals surface area contributed by atoms with Gasteiger partial charge in [0.1, 0.15) is 18.3 Å². The molecule has 3 fully saturated rings. The number of hydrogen-bond donors (Lipinski definition) is 1. The third-order valence-electron chi connectivity index (χ3n) is 6.38. The zero-order chi connectivity index (χ0) is 23.8. The molecular weight excluding hydrogens is 472 g/mol. The number of ether oxygens (including phenoxy) is 1. The summed E-state index contributed by atoms with van der Waals surface area (Å²) in [6.45, 7) is 7.60. The highest BCUT2D eigenvalue weighted by Gasteiger charge is 2.44. The Morgan fingerprint density at radius 1 is 1.36 bits per heavy atom. The van der Waals surface area contributed by atoms with Gasteiger partial charge in [0.05, 0.1) is 25.5 Å². The highest BCUT2D eigenvalue weighted by atomic mass is 35.5. The minimum Gasteiger partial charge on any atom is -0.390 e. The normalized spacial score (nSPS) is 27.8. The summed E-state index contributed by atoms with van der Waals surface area (Å²) in [5, 5.41) is 9.93. The Morgan fingerprint density at radius 2 is 2.09 bits per heavy atom. The Morgan fingerprint density at radius 3 is 2.79 bits per heavy atom.